The predicted octanol–water partition coefficient (Wildman–Crippen LogP) is 1.53. The van der Waals surface area contributed by atoms with Crippen molar-refractivity contribution >= 4 is 5.91 Å². The minimum absolute atomic E-state index is 0.0163. The third-order valence-corrected chi connectivity index (χ3v) is 5.77. The van der Waals surface area contributed by atoms with Gasteiger partial charge in [0.1, 0.15) is 0 Å². The topological polar surface area (TPSA) is 65.7 Å². The second-order valence-corrected chi connectivity index (χ2v) is 7.92. The van der Waals surface area contributed by atoms with Crippen molar-refractivity contribution in [2.45, 2.75) is 52.1 Å². The third kappa shape index (κ3) is 4.03. The summed E-state index contributed by atoms with van der Waals surface area (Å²) < 4.78 is 5.17. The van der Waals surface area contributed by atoms with Crippen LogP contribution < -0.4 is 0 Å². The summed E-state index contributed by atoms with van der Waals surface area (Å²) in [5, 5.41) is 3.81. The fourth-order valence-corrected chi connectivity index (χ4v) is 4.30. The van der Waals surface area contributed by atoms with Gasteiger partial charge in [0, 0.05) is 13.6 Å². The van der Waals surface area contributed by atoms with Gasteiger partial charge in [0.2, 0.25) is 11.8 Å². The molecule has 1 spiro atoms. The highest BCUT2D eigenvalue weighted by molar-refractivity contribution is 5.82. The molecule has 0 aromatic carbocycles. The van der Waals surface area contributed by atoms with Crippen LogP contribution in [0, 0.1) is 12.3 Å². The van der Waals surface area contributed by atoms with Crippen LogP contribution in [0.5, 0.6) is 0 Å². The van der Waals surface area contributed by atoms with Crippen LogP contribution in [-0.4, -0.2) is 77.1 Å². The van der Waals surface area contributed by atoms with E-state index in [4.69, 9.17) is 4.52 Å². The summed E-state index contributed by atoms with van der Waals surface area (Å²) in [5.74, 6) is 1.29. The van der Waals surface area contributed by atoms with Crippen LogP contribution in [0.2, 0.25) is 0 Å². The summed E-state index contributed by atoms with van der Waals surface area (Å²) in [6.45, 7) is 8.67. The van der Waals surface area contributed by atoms with E-state index in [2.05, 4.69) is 33.9 Å². The van der Waals surface area contributed by atoms with E-state index < -0.39 is 0 Å². The zero-order chi connectivity index (χ0) is 18.0. The van der Waals surface area contributed by atoms with Crippen molar-refractivity contribution in [3.63, 3.8) is 0 Å². The number of aryl methyl sites for hydroxylation is 1. The lowest BCUT2D eigenvalue weighted by molar-refractivity contribution is -0.135. The lowest BCUT2D eigenvalue weighted by atomic mass is 9.76. The number of hydrogen-bond acceptors (Lipinski definition) is 6. The molecule has 3 heterocycles. The quantitative estimate of drug-likeness (QED) is 0.803. The van der Waals surface area contributed by atoms with Crippen molar-refractivity contribution in [1.82, 2.24) is 24.8 Å². The molecule has 3 rings (SSSR count). The average molecular weight is 349 g/mol. The first-order valence-corrected chi connectivity index (χ1v) is 9.39. The second-order valence-electron chi connectivity index (χ2n) is 7.92. The van der Waals surface area contributed by atoms with Gasteiger partial charge in [-0.25, -0.2) is 0 Å². The van der Waals surface area contributed by atoms with E-state index in [1.165, 1.54) is 12.8 Å². The van der Waals surface area contributed by atoms with Crippen molar-refractivity contribution in [2.75, 3.05) is 40.3 Å². The first kappa shape index (κ1) is 18.3. The number of carbonyl (C=O) groups excluding carboxylic acids is 1. The Kier molecular flexibility index (Phi) is 5.43. The lowest BCUT2D eigenvalue weighted by Crippen LogP contribution is -2.44. The molecule has 7 heteroatoms. The van der Waals surface area contributed by atoms with E-state index in [0.717, 1.165) is 39.0 Å². The number of amides is 1. The molecule has 2 aliphatic heterocycles. The summed E-state index contributed by atoms with van der Waals surface area (Å²) in [7, 11) is 4.03. The number of rotatable bonds is 5. The molecular formula is C18H31N5O2. The Bertz CT molecular complexity index is 594. The van der Waals surface area contributed by atoms with Crippen molar-refractivity contribution < 1.29 is 9.32 Å². The van der Waals surface area contributed by atoms with Crippen LogP contribution >= 0.6 is 0 Å². The molecule has 1 unspecified atom stereocenters. The Morgan fingerprint density at radius 1 is 1.40 bits per heavy atom. The van der Waals surface area contributed by atoms with Gasteiger partial charge in [-0.3, -0.25) is 9.69 Å². The normalized spacial score (nSPS) is 24.1. The number of likely N-dealkylation sites (N-methyl/N-ethyl adjacent to an activating group) is 1. The standard InChI is InChI=1S/C18H31N5O2/c1-5-8-23-13-18(6-9-21(3)10-7-18)11-15(23)17(24)22(4)12-16-19-14(2)20-25-16/h15H,5-13H2,1-4H3. The first-order chi connectivity index (χ1) is 11.9. The summed E-state index contributed by atoms with van der Waals surface area (Å²) >= 11 is 0. The Morgan fingerprint density at radius 2 is 2.12 bits per heavy atom. The molecule has 7 nitrogen and oxygen atoms in total. The lowest BCUT2D eigenvalue weighted by Gasteiger charge is -2.37. The highest BCUT2D eigenvalue weighted by Crippen LogP contribution is 2.43. The van der Waals surface area contributed by atoms with Crippen LogP contribution in [-0.2, 0) is 11.3 Å². The molecule has 25 heavy (non-hydrogen) atoms. The Morgan fingerprint density at radius 3 is 2.72 bits per heavy atom. The van der Waals surface area contributed by atoms with Crippen molar-refractivity contribution in [3.8, 4) is 0 Å². The van der Waals surface area contributed by atoms with E-state index in [1.54, 1.807) is 11.8 Å². The minimum Gasteiger partial charge on any atom is -0.337 e. The SMILES string of the molecule is CCCN1CC2(CCN(C)CC2)CC1C(=O)N(C)Cc1nc(C)no1. The van der Waals surface area contributed by atoms with Gasteiger partial charge in [-0.05, 0) is 64.7 Å². The number of likely N-dealkylation sites (tertiary alicyclic amines) is 2. The van der Waals surface area contributed by atoms with Gasteiger partial charge in [0.15, 0.2) is 5.82 Å². The molecule has 0 saturated carbocycles. The average Bonchev–Trinajstić information content (AvgIpc) is 3.14. The van der Waals surface area contributed by atoms with Crippen LogP contribution in [0.4, 0.5) is 0 Å². The van der Waals surface area contributed by atoms with Gasteiger partial charge in [-0.15, -0.1) is 0 Å². The maximum absolute atomic E-state index is 13.1. The van der Waals surface area contributed by atoms with Gasteiger partial charge in [0.25, 0.3) is 0 Å². The number of aromatic nitrogens is 2. The van der Waals surface area contributed by atoms with E-state index >= 15 is 0 Å². The summed E-state index contributed by atoms with van der Waals surface area (Å²) in [6.07, 6.45) is 4.44. The maximum Gasteiger partial charge on any atom is 0.246 e. The Labute approximate surface area is 150 Å². The van der Waals surface area contributed by atoms with Gasteiger partial charge < -0.3 is 14.3 Å². The number of hydrogen-bond donors (Lipinski definition) is 0. The van der Waals surface area contributed by atoms with Gasteiger partial charge in [-0.2, -0.15) is 4.98 Å². The molecule has 2 aliphatic rings. The fraction of sp³-hybridized carbons (Fsp3) is 0.833. The molecule has 140 valence electrons. The zero-order valence-electron chi connectivity index (χ0n) is 16.0. The van der Waals surface area contributed by atoms with Crippen LogP contribution in [0.15, 0.2) is 4.52 Å². The molecule has 0 radical (unpaired) electrons. The highest BCUT2D eigenvalue weighted by Gasteiger charge is 2.47. The van der Waals surface area contributed by atoms with Crippen LogP contribution in [0.3, 0.4) is 0 Å². The molecule has 2 fully saturated rings. The predicted molar refractivity (Wildman–Crippen MR) is 94.9 cm³/mol. The fourth-order valence-electron chi connectivity index (χ4n) is 4.30. The van der Waals surface area contributed by atoms with Crippen LogP contribution in [0.1, 0.15) is 44.3 Å². The highest BCUT2D eigenvalue weighted by atomic mass is 16.5. The van der Waals surface area contributed by atoms with Crippen molar-refractivity contribution in [1.29, 1.82) is 0 Å². The smallest absolute Gasteiger partial charge is 0.246 e. The van der Waals surface area contributed by atoms with E-state index in [-0.39, 0.29) is 11.9 Å². The molecule has 1 amide bonds. The molecule has 1 atom stereocenters. The largest absolute Gasteiger partial charge is 0.337 e. The Balaban J connectivity index is 1.68. The third-order valence-electron chi connectivity index (χ3n) is 5.77. The van der Waals surface area contributed by atoms with Crippen molar-refractivity contribution in [2.24, 2.45) is 5.41 Å². The summed E-state index contributed by atoms with van der Waals surface area (Å²) in [5.41, 5.74) is 0.309. The molecular weight excluding hydrogens is 318 g/mol. The van der Waals surface area contributed by atoms with E-state index in [0.29, 0.717) is 23.7 Å². The summed E-state index contributed by atoms with van der Waals surface area (Å²) in [4.78, 5) is 23.9. The molecule has 0 N–H and O–H groups in total. The van der Waals surface area contributed by atoms with Gasteiger partial charge >= 0.3 is 0 Å². The minimum atomic E-state index is -0.0163. The molecule has 0 aliphatic carbocycles. The first-order valence-electron chi connectivity index (χ1n) is 9.39. The van der Waals surface area contributed by atoms with E-state index in [9.17, 15) is 4.79 Å². The molecule has 1 aromatic heterocycles. The number of nitrogens with zero attached hydrogens (tertiary/aromatic N) is 5. The molecule has 1 aromatic rings. The monoisotopic (exact) mass is 349 g/mol. The van der Waals surface area contributed by atoms with Gasteiger partial charge in [-0.1, -0.05) is 12.1 Å². The Hall–Kier alpha value is -1.47. The summed E-state index contributed by atoms with van der Waals surface area (Å²) in [6, 6.07) is -0.0163. The number of piperidine rings is 1. The maximum atomic E-state index is 13.1. The van der Waals surface area contributed by atoms with Crippen LogP contribution in [0.25, 0.3) is 0 Å². The van der Waals surface area contributed by atoms with Gasteiger partial charge in [0.05, 0.1) is 12.6 Å². The van der Waals surface area contributed by atoms with Crippen molar-refractivity contribution in [3.05, 3.63) is 11.7 Å². The molecule has 2 saturated heterocycles. The molecule has 0 bridgehead atoms. The zero-order valence-corrected chi connectivity index (χ0v) is 16.0. The van der Waals surface area contributed by atoms with E-state index in [1.807, 2.05) is 7.05 Å². The second kappa shape index (κ2) is 7.41. The number of carbonyl (C=O) groups is 1.